The molecule has 4 rings (SSSR count). The average Bonchev–Trinajstić information content (AvgIpc) is 3.06. The molecule has 3 nitrogen and oxygen atoms in total. The van der Waals surface area contributed by atoms with Crippen LogP contribution in [0.5, 0.6) is 0 Å². The van der Waals surface area contributed by atoms with Gasteiger partial charge < -0.3 is 4.74 Å². The van der Waals surface area contributed by atoms with E-state index < -0.39 is 0 Å². The lowest BCUT2D eigenvalue weighted by atomic mass is 9.86. The quantitative estimate of drug-likeness (QED) is 0.831. The first kappa shape index (κ1) is 16.0. The molecular formula is C21H28N2O. The number of hydrogen-bond donors (Lipinski definition) is 0. The fourth-order valence-corrected chi connectivity index (χ4v) is 4.20. The molecule has 0 amide bonds. The molecule has 0 N–H and O–H groups in total. The van der Waals surface area contributed by atoms with Crippen LogP contribution in [-0.4, -0.2) is 35.2 Å². The molecule has 0 radical (unpaired) electrons. The number of likely N-dealkylation sites (tertiary alicyclic amines) is 1. The minimum atomic E-state index is -0.0286. The Kier molecular flexibility index (Phi) is 4.31. The van der Waals surface area contributed by atoms with Crippen molar-refractivity contribution in [1.82, 2.24) is 9.88 Å². The van der Waals surface area contributed by atoms with E-state index in [1.54, 1.807) is 0 Å². The van der Waals surface area contributed by atoms with Gasteiger partial charge in [-0.2, -0.15) is 0 Å². The van der Waals surface area contributed by atoms with Crippen molar-refractivity contribution < 1.29 is 4.74 Å². The number of ether oxygens (including phenoxy) is 1. The van der Waals surface area contributed by atoms with Crippen molar-refractivity contribution in [2.45, 2.75) is 57.6 Å². The second kappa shape index (κ2) is 6.45. The highest BCUT2D eigenvalue weighted by Crippen LogP contribution is 2.35. The summed E-state index contributed by atoms with van der Waals surface area (Å²) in [5.74, 6) is 0.516. The maximum atomic E-state index is 5.85. The van der Waals surface area contributed by atoms with Crippen molar-refractivity contribution in [2.24, 2.45) is 0 Å². The van der Waals surface area contributed by atoms with Crippen molar-refractivity contribution in [3.63, 3.8) is 0 Å². The first-order valence-electron chi connectivity index (χ1n) is 9.35. The van der Waals surface area contributed by atoms with E-state index in [0.29, 0.717) is 5.92 Å². The van der Waals surface area contributed by atoms with E-state index in [0.717, 1.165) is 31.5 Å². The van der Waals surface area contributed by atoms with Crippen LogP contribution in [0.1, 0.15) is 56.7 Å². The number of benzene rings is 1. The third kappa shape index (κ3) is 3.47. The van der Waals surface area contributed by atoms with Gasteiger partial charge >= 0.3 is 0 Å². The molecule has 2 aliphatic rings. The minimum Gasteiger partial charge on any atom is -0.376 e. The predicted molar refractivity (Wildman–Crippen MR) is 98.3 cm³/mol. The molecule has 0 spiro atoms. The van der Waals surface area contributed by atoms with Gasteiger partial charge in [0, 0.05) is 30.1 Å². The Balaban J connectivity index is 1.55. The lowest BCUT2D eigenvalue weighted by Crippen LogP contribution is -2.33. The molecule has 1 aromatic carbocycles. The largest absolute Gasteiger partial charge is 0.376 e. The topological polar surface area (TPSA) is 25.4 Å². The van der Waals surface area contributed by atoms with Crippen molar-refractivity contribution >= 4 is 10.9 Å². The predicted octanol–water partition coefficient (Wildman–Crippen LogP) is 4.50. The van der Waals surface area contributed by atoms with Crippen LogP contribution in [0.25, 0.3) is 10.9 Å². The monoisotopic (exact) mass is 324 g/mol. The van der Waals surface area contributed by atoms with Crippen molar-refractivity contribution in [1.29, 1.82) is 0 Å². The lowest BCUT2D eigenvalue weighted by molar-refractivity contribution is -0.0597. The number of rotatable bonds is 3. The van der Waals surface area contributed by atoms with Gasteiger partial charge in [-0.3, -0.25) is 9.88 Å². The van der Waals surface area contributed by atoms with Crippen LogP contribution in [0.4, 0.5) is 0 Å². The van der Waals surface area contributed by atoms with Crippen molar-refractivity contribution in [2.75, 3.05) is 19.7 Å². The van der Waals surface area contributed by atoms with E-state index in [9.17, 15) is 0 Å². The van der Waals surface area contributed by atoms with Gasteiger partial charge in [0.1, 0.15) is 0 Å². The third-order valence-corrected chi connectivity index (χ3v) is 5.50. The molecule has 0 bridgehead atoms. The van der Waals surface area contributed by atoms with E-state index in [2.05, 4.69) is 49.1 Å². The molecule has 1 aromatic heterocycles. The van der Waals surface area contributed by atoms with Gasteiger partial charge in [-0.25, -0.2) is 0 Å². The summed E-state index contributed by atoms with van der Waals surface area (Å²) in [6, 6.07) is 11.3. The Bertz CT molecular complexity index is 719. The normalized spacial score (nSPS) is 24.5. The Labute approximate surface area is 145 Å². The van der Waals surface area contributed by atoms with Crippen LogP contribution >= 0.6 is 0 Å². The Morgan fingerprint density at radius 1 is 1.17 bits per heavy atom. The molecule has 3 heteroatoms. The van der Waals surface area contributed by atoms with Gasteiger partial charge in [-0.1, -0.05) is 12.1 Å². The number of fused-ring (bicyclic) bond motifs is 1. The maximum Gasteiger partial charge on any atom is 0.0705 e. The summed E-state index contributed by atoms with van der Waals surface area (Å²) in [6.07, 6.45) is 4.83. The SMILES string of the molecule is CC1(C)CC(c2ccc3cc(CN4CCCC4)ccc3n2)CCO1. The maximum absolute atomic E-state index is 5.85. The fraction of sp³-hybridized carbons (Fsp3) is 0.571. The first-order chi connectivity index (χ1) is 11.6. The lowest BCUT2D eigenvalue weighted by Gasteiger charge is -2.35. The molecule has 24 heavy (non-hydrogen) atoms. The molecular weight excluding hydrogens is 296 g/mol. The zero-order valence-electron chi connectivity index (χ0n) is 14.9. The van der Waals surface area contributed by atoms with Gasteiger partial charge in [0.05, 0.1) is 11.1 Å². The van der Waals surface area contributed by atoms with Crippen LogP contribution in [0, 0.1) is 0 Å². The van der Waals surface area contributed by atoms with Gasteiger partial charge in [0.25, 0.3) is 0 Å². The molecule has 2 aromatic rings. The van der Waals surface area contributed by atoms with Gasteiger partial charge in [0.2, 0.25) is 0 Å². The summed E-state index contributed by atoms with van der Waals surface area (Å²) in [6.45, 7) is 8.78. The highest BCUT2D eigenvalue weighted by molar-refractivity contribution is 5.79. The van der Waals surface area contributed by atoms with Crippen LogP contribution in [-0.2, 0) is 11.3 Å². The summed E-state index contributed by atoms with van der Waals surface area (Å²) in [7, 11) is 0. The van der Waals surface area contributed by atoms with Crippen LogP contribution in [0.3, 0.4) is 0 Å². The molecule has 1 unspecified atom stereocenters. The van der Waals surface area contributed by atoms with E-state index in [-0.39, 0.29) is 5.60 Å². The number of nitrogens with zero attached hydrogens (tertiary/aromatic N) is 2. The first-order valence-corrected chi connectivity index (χ1v) is 9.35. The van der Waals surface area contributed by atoms with Crippen LogP contribution < -0.4 is 0 Å². The molecule has 2 aliphatic heterocycles. The summed E-state index contributed by atoms with van der Waals surface area (Å²) in [5.41, 5.74) is 3.73. The summed E-state index contributed by atoms with van der Waals surface area (Å²) in [5, 5.41) is 1.27. The Hall–Kier alpha value is -1.45. The van der Waals surface area contributed by atoms with Crippen LogP contribution in [0.2, 0.25) is 0 Å². The second-order valence-corrected chi connectivity index (χ2v) is 8.04. The van der Waals surface area contributed by atoms with Crippen LogP contribution in [0.15, 0.2) is 30.3 Å². The Morgan fingerprint density at radius 3 is 2.79 bits per heavy atom. The third-order valence-electron chi connectivity index (χ3n) is 5.50. The molecule has 0 aliphatic carbocycles. The van der Waals surface area contributed by atoms with Gasteiger partial charge in [0.15, 0.2) is 0 Å². The smallest absolute Gasteiger partial charge is 0.0705 e. The minimum absolute atomic E-state index is 0.0286. The van der Waals surface area contributed by atoms with Gasteiger partial charge in [-0.05, 0) is 76.4 Å². The molecule has 128 valence electrons. The van der Waals surface area contributed by atoms with Crippen molar-refractivity contribution in [3.8, 4) is 0 Å². The molecule has 2 saturated heterocycles. The Morgan fingerprint density at radius 2 is 2.00 bits per heavy atom. The highest BCUT2D eigenvalue weighted by atomic mass is 16.5. The molecule has 2 fully saturated rings. The number of pyridine rings is 1. The molecule has 1 atom stereocenters. The zero-order chi connectivity index (χ0) is 16.6. The number of hydrogen-bond acceptors (Lipinski definition) is 3. The number of aromatic nitrogens is 1. The molecule has 0 saturated carbocycles. The van der Waals surface area contributed by atoms with Crippen molar-refractivity contribution in [3.05, 3.63) is 41.6 Å². The highest BCUT2D eigenvalue weighted by Gasteiger charge is 2.30. The fourth-order valence-electron chi connectivity index (χ4n) is 4.20. The van der Waals surface area contributed by atoms with E-state index in [4.69, 9.17) is 9.72 Å². The van der Waals surface area contributed by atoms with E-state index in [1.807, 2.05) is 0 Å². The summed E-state index contributed by atoms with van der Waals surface area (Å²) >= 11 is 0. The van der Waals surface area contributed by atoms with E-state index in [1.165, 1.54) is 42.6 Å². The van der Waals surface area contributed by atoms with E-state index >= 15 is 0 Å². The van der Waals surface area contributed by atoms with Gasteiger partial charge in [-0.15, -0.1) is 0 Å². The molecule has 3 heterocycles. The summed E-state index contributed by atoms with van der Waals surface area (Å²) < 4.78 is 5.85. The zero-order valence-corrected chi connectivity index (χ0v) is 14.9. The standard InChI is InChI=1S/C21H28N2O/c1-21(2)14-18(9-12-24-21)20-8-6-17-13-16(5-7-19(17)22-20)15-23-10-3-4-11-23/h5-8,13,18H,3-4,9-12,14-15H2,1-2H3. The average molecular weight is 324 g/mol. The summed E-state index contributed by atoms with van der Waals surface area (Å²) in [4.78, 5) is 7.52. The second-order valence-electron chi connectivity index (χ2n) is 8.04.